The molecule has 2 aromatic carbocycles. The Labute approximate surface area is 197 Å². The van der Waals surface area contributed by atoms with E-state index in [1.807, 2.05) is 0 Å². The lowest BCUT2D eigenvalue weighted by Gasteiger charge is -2.60. The maximum absolute atomic E-state index is 15.6. The molecule has 0 unspecified atom stereocenters. The minimum absolute atomic E-state index is 0.0467. The van der Waals surface area contributed by atoms with Crippen molar-refractivity contribution in [1.82, 2.24) is 14.3 Å². The molecule has 0 atom stereocenters. The van der Waals surface area contributed by atoms with E-state index in [-0.39, 0.29) is 27.6 Å². The molecule has 0 aliphatic carbocycles. The van der Waals surface area contributed by atoms with Crippen molar-refractivity contribution in [3.05, 3.63) is 65.8 Å². The van der Waals surface area contributed by atoms with E-state index in [0.717, 1.165) is 18.1 Å². The van der Waals surface area contributed by atoms with Gasteiger partial charge in [-0.1, -0.05) is 42.4 Å². The Morgan fingerprint density at radius 2 is 1.97 bits per heavy atom. The van der Waals surface area contributed by atoms with Crippen molar-refractivity contribution in [2.45, 2.75) is 0 Å². The van der Waals surface area contributed by atoms with Crippen LogP contribution in [0.3, 0.4) is 0 Å². The number of nitrogens with zero attached hydrogens (tertiary/aromatic N) is 4. The molecule has 0 radical (unpaired) electrons. The maximum Gasteiger partial charge on any atom is 0.245 e. The van der Waals surface area contributed by atoms with E-state index in [1.54, 1.807) is 35.4 Å². The van der Waals surface area contributed by atoms with Crippen molar-refractivity contribution in [1.29, 1.82) is 0 Å². The minimum Gasteiger partial charge on any atom is -0.360 e. The molecule has 166 valence electrons. The van der Waals surface area contributed by atoms with Crippen molar-refractivity contribution < 1.29 is 13.6 Å². The number of hydrogen-bond acceptors (Lipinski definition) is 5. The summed E-state index contributed by atoms with van der Waals surface area (Å²) >= 11 is 7.47. The third kappa shape index (κ3) is 2.97. The Balaban J connectivity index is 1.34. The first kappa shape index (κ1) is 20.5. The van der Waals surface area contributed by atoms with Gasteiger partial charge in [0.1, 0.15) is 22.0 Å². The van der Waals surface area contributed by atoms with E-state index in [2.05, 4.69) is 20.8 Å². The van der Waals surface area contributed by atoms with Gasteiger partial charge in [-0.05, 0) is 29.1 Å². The Morgan fingerprint density at radius 3 is 2.73 bits per heavy atom. The number of rotatable bonds is 3. The monoisotopic (exact) mass is 482 g/mol. The summed E-state index contributed by atoms with van der Waals surface area (Å²) in [6, 6.07) is 8.15. The summed E-state index contributed by atoms with van der Waals surface area (Å²) < 4.78 is 34.1. The SMILES string of the molecule is C=CC(=O)N1CC2(C1)CN(c1snc3c(F)c(-c4cccc5ccc(F)c(Cl)c45)ncc13)C2. The molecule has 1 amide bonds. The number of fused-ring (bicyclic) bond motifs is 2. The Hall–Kier alpha value is -3.10. The van der Waals surface area contributed by atoms with E-state index >= 15 is 4.39 Å². The molecule has 5 nitrogen and oxygen atoms in total. The molecule has 9 heteroatoms. The number of halogens is 3. The summed E-state index contributed by atoms with van der Waals surface area (Å²) in [7, 11) is 0. The van der Waals surface area contributed by atoms with Crippen LogP contribution in [0.5, 0.6) is 0 Å². The van der Waals surface area contributed by atoms with E-state index < -0.39 is 11.6 Å². The van der Waals surface area contributed by atoms with Crippen LogP contribution in [0.25, 0.3) is 32.9 Å². The number of hydrogen-bond donors (Lipinski definition) is 0. The Bertz CT molecular complexity index is 1470. The van der Waals surface area contributed by atoms with Crippen molar-refractivity contribution in [3.63, 3.8) is 0 Å². The highest BCUT2D eigenvalue weighted by Crippen LogP contribution is 2.46. The first-order valence-corrected chi connectivity index (χ1v) is 11.5. The molecule has 33 heavy (non-hydrogen) atoms. The third-order valence-corrected chi connectivity index (χ3v) is 7.81. The average Bonchev–Trinajstić information content (AvgIpc) is 3.19. The number of anilines is 1. The van der Waals surface area contributed by atoms with E-state index in [4.69, 9.17) is 11.6 Å². The number of aromatic nitrogens is 2. The fraction of sp³-hybridized carbons (Fsp3) is 0.208. The van der Waals surface area contributed by atoms with Crippen LogP contribution in [0.1, 0.15) is 0 Å². The van der Waals surface area contributed by atoms with Gasteiger partial charge in [-0.3, -0.25) is 9.78 Å². The zero-order chi connectivity index (χ0) is 22.9. The molecule has 2 aliphatic rings. The summed E-state index contributed by atoms with van der Waals surface area (Å²) in [6.45, 7) is 6.52. The van der Waals surface area contributed by atoms with Crippen molar-refractivity contribution in [3.8, 4) is 11.3 Å². The third-order valence-electron chi connectivity index (χ3n) is 6.52. The Morgan fingerprint density at radius 1 is 1.18 bits per heavy atom. The predicted molar refractivity (Wildman–Crippen MR) is 127 cm³/mol. The summed E-state index contributed by atoms with van der Waals surface area (Å²) in [5.41, 5.74) is 0.845. The highest BCUT2D eigenvalue weighted by Gasteiger charge is 2.53. The molecule has 4 aromatic rings. The van der Waals surface area contributed by atoms with Crippen LogP contribution < -0.4 is 4.90 Å². The van der Waals surface area contributed by atoms with Crippen LogP contribution in [0.4, 0.5) is 13.8 Å². The first-order chi connectivity index (χ1) is 15.9. The van der Waals surface area contributed by atoms with Crippen LogP contribution in [0, 0.1) is 17.0 Å². The highest BCUT2D eigenvalue weighted by atomic mass is 35.5. The van der Waals surface area contributed by atoms with Crippen LogP contribution in [-0.4, -0.2) is 46.3 Å². The second-order valence-electron chi connectivity index (χ2n) is 8.69. The molecular weight excluding hydrogens is 466 g/mol. The number of carbonyl (C=O) groups is 1. The first-order valence-electron chi connectivity index (χ1n) is 10.4. The largest absolute Gasteiger partial charge is 0.360 e. The molecule has 2 aromatic heterocycles. The zero-order valence-corrected chi connectivity index (χ0v) is 18.9. The lowest BCUT2D eigenvalue weighted by atomic mass is 9.73. The zero-order valence-electron chi connectivity index (χ0n) is 17.3. The molecule has 2 aliphatic heterocycles. The van der Waals surface area contributed by atoms with Crippen LogP contribution in [0.2, 0.25) is 5.02 Å². The van der Waals surface area contributed by atoms with Gasteiger partial charge in [-0.15, -0.1) is 0 Å². The Kier molecular flexibility index (Phi) is 4.47. The molecule has 0 N–H and O–H groups in total. The van der Waals surface area contributed by atoms with Gasteiger partial charge in [0.05, 0.1) is 10.4 Å². The maximum atomic E-state index is 15.6. The second kappa shape index (κ2) is 7.20. The van der Waals surface area contributed by atoms with Crippen molar-refractivity contribution in [2.24, 2.45) is 5.41 Å². The minimum atomic E-state index is -0.565. The topological polar surface area (TPSA) is 49.3 Å². The highest BCUT2D eigenvalue weighted by molar-refractivity contribution is 7.11. The van der Waals surface area contributed by atoms with Crippen LogP contribution in [0.15, 0.2) is 49.2 Å². The quantitative estimate of drug-likeness (QED) is 0.373. The molecule has 2 fully saturated rings. The summed E-state index contributed by atoms with van der Waals surface area (Å²) in [6.07, 6.45) is 2.96. The van der Waals surface area contributed by atoms with Gasteiger partial charge < -0.3 is 9.80 Å². The molecular formula is C24H17ClF2N4OS. The fourth-order valence-electron chi connectivity index (χ4n) is 4.94. The number of amides is 1. The molecule has 1 spiro atoms. The van der Waals surface area contributed by atoms with Gasteiger partial charge >= 0.3 is 0 Å². The predicted octanol–water partition coefficient (Wildman–Crippen LogP) is 5.28. The van der Waals surface area contributed by atoms with Gasteiger partial charge in [0, 0.05) is 48.7 Å². The number of likely N-dealkylation sites (tertiary alicyclic amines) is 1. The van der Waals surface area contributed by atoms with E-state index in [1.165, 1.54) is 23.7 Å². The fourth-order valence-corrected chi connectivity index (χ4v) is 6.06. The number of carbonyl (C=O) groups excluding carboxylic acids is 1. The molecule has 6 rings (SSSR count). The molecule has 4 heterocycles. The van der Waals surface area contributed by atoms with Gasteiger partial charge in [0.25, 0.3) is 0 Å². The van der Waals surface area contributed by atoms with Gasteiger partial charge in [-0.25, -0.2) is 8.78 Å². The molecule has 2 saturated heterocycles. The molecule has 0 saturated carbocycles. The smallest absolute Gasteiger partial charge is 0.245 e. The van der Waals surface area contributed by atoms with Gasteiger partial charge in [0.15, 0.2) is 5.82 Å². The van der Waals surface area contributed by atoms with Crippen molar-refractivity contribution >= 4 is 55.7 Å². The lowest BCUT2D eigenvalue weighted by molar-refractivity contribution is -0.139. The summed E-state index contributed by atoms with van der Waals surface area (Å²) in [4.78, 5) is 20.1. The summed E-state index contributed by atoms with van der Waals surface area (Å²) in [5.74, 6) is -1.16. The summed E-state index contributed by atoms with van der Waals surface area (Å²) in [5, 5.41) is 2.58. The second-order valence-corrected chi connectivity index (χ2v) is 9.82. The lowest BCUT2D eigenvalue weighted by Crippen LogP contribution is -2.72. The standard InChI is InChI=1S/C24H17ClF2N4OS/c1-2-17(32)30-9-24(10-30)11-31(12-24)23-15-8-28-21(20(27)22(15)29-33-23)14-5-3-4-13-6-7-16(26)19(25)18(13)14/h2-8H,1,9-12H2. The van der Waals surface area contributed by atoms with E-state index in [9.17, 15) is 9.18 Å². The average molecular weight is 483 g/mol. The normalized spacial score (nSPS) is 16.8. The van der Waals surface area contributed by atoms with E-state index in [0.29, 0.717) is 34.8 Å². The van der Waals surface area contributed by atoms with Gasteiger partial charge in [-0.2, -0.15) is 4.37 Å². The number of benzene rings is 2. The van der Waals surface area contributed by atoms with Crippen molar-refractivity contribution in [2.75, 3.05) is 31.1 Å². The van der Waals surface area contributed by atoms with Crippen LogP contribution >= 0.6 is 23.1 Å². The molecule has 0 bridgehead atoms. The van der Waals surface area contributed by atoms with Crippen LogP contribution in [-0.2, 0) is 4.79 Å². The number of pyridine rings is 1. The van der Waals surface area contributed by atoms with Gasteiger partial charge in [0.2, 0.25) is 5.91 Å².